The fourth-order valence-corrected chi connectivity index (χ4v) is 1.86. The van der Waals surface area contributed by atoms with Gasteiger partial charge in [-0.3, -0.25) is 0 Å². The lowest BCUT2D eigenvalue weighted by Crippen LogP contribution is -2.17. The molecule has 0 fully saturated rings. The van der Waals surface area contributed by atoms with E-state index in [9.17, 15) is 0 Å². The van der Waals surface area contributed by atoms with Crippen molar-refractivity contribution >= 4 is 15.9 Å². The SMILES string of the molecule is CCOCc1nccn1CC(Br)COC. The Morgan fingerprint density at radius 1 is 1.60 bits per heavy atom. The highest BCUT2D eigenvalue weighted by Gasteiger charge is 2.08. The highest BCUT2D eigenvalue weighted by Crippen LogP contribution is 2.07. The first-order chi connectivity index (χ1) is 7.27. The molecule has 1 rings (SSSR count). The van der Waals surface area contributed by atoms with Gasteiger partial charge in [-0.05, 0) is 6.92 Å². The van der Waals surface area contributed by atoms with Gasteiger partial charge in [-0.1, -0.05) is 15.9 Å². The van der Waals surface area contributed by atoms with Crippen molar-refractivity contribution in [3.05, 3.63) is 18.2 Å². The first kappa shape index (κ1) is 12.7. The van der Waals surface area contributed by atoms with Gasteiger partial charge in [0.15, 0.2) is 0 Å². The Balaban J connectivity index is 2.48. The Morgan fingerprint density at radius 3 is 3.07 bits per heavy atom. The highest BCUT2D eigenvalue weighted by atomic mass is 79.9. The summed E-state index contributed by atoms with van der Waals surface area (Å²) < 4.78 is 12.5. The van der Waals surface area contributed by atoms with E-state index in [4.69, 9.17) is 9.47 Å². The van der Waals surface area contributed by atoms with Gasteiger partial charge in [0.1, 0.15) is 12.4 Å². The van der Waals surface area contributed by atoms with Gasteiger partial charge in [0.2, 0.25) is 0 Å². The maximum absolute atomic E-state index is 5.33. The van der Waals surface area contributed by atoms with Crippen LogP contribution in [-0.4, -0.2) is 34.7 Å². The van der Waals surface area contributed by atoms with Gasteiger partial charge in [0.05, 0.1) is 11.4 Å². The molecule has 0 aromatic carbocycles. The van der Waals surface area contributed by atoms with Crippen LogP contribution in [0.25, 0.3) is 0 Å². The van der Waals surface area contributed by atoms with Gasteiger partial charge in [0, 0.05) is 32.7 Å². The average Bonchev–Trinajstić information content (AvgIpc) is 2.63. The molecule has 1 unspecified atom stereocenters. The van der Waals surface area contributed by atoms with Crippen LogP contribution in [0, 0.1) is 0 Å². The van der Waals surface area contributed by atoms with Crippen molar-refractivity contribution in [3.63, 3.8) is 0 Å². The van der Waals surface area contributed by atoms with Crippen LogP contribution >= 0.6 is 15.9 Å². The first-order valence-electron chi connectivity index (χ1n) is 4.98. The molecular weight excluding hydrogens is 260 g/mol. The Bertz CT molecular complexity index is 278. The lowest BCUT2D eigenvalue weighted by atomic mass is 10.4. The van der Waals surface area contributed by atoms with Crippen LogP contribution in [0.5, 0.6) is 0 Å². The molecule has 1 aromatic rings. The monoisotopic (exact) mass is 276 g/mol. The minimum Gasteiger partial charge on any atom is -0.383 e. The molecule has 0 aliphatic carbocycles. The largest absolute Gasteiger partial charge is 0.383 e. The van der Waals surface area contributed by atoms with E-state index in [1.165, 1.54) is 0 Å². The summed E-state index contributed by atoms with van der Waals surface area (Å²) >= 11 is 3.55. The van der Waals surface area contributed by atoms with Gasteiger partial charge in [-0.2, -0.15) is 0 Å². The maximum Gasteiger partial charge on any atom is 0.134 e. The van der Waals surface area contributed by atoms with Gasteiger partial charge in [-0.15, -0.1) is 0 Å². The van der Waals surface area contributed by atoms with Crippen LogP contribution in [0.1, 0.15) is 12.7 Å². The standard InChI is InChI=1S/C10H17BrN2O2/c1-3-15-8-10-12-4-5-13(10)6-9(11)7-14-2/h4-5,9H,3,6-8H2,1-2H3. The highest BCUT2D eigenvalue weighted by molar-refractivity contribution is 9.09. The lowest BCUT2D eigenvalue weighted by molar-refractivity contribution is 0.125. The minimum absolute atomic E-state index is 0.303. The van der Waals surface area contributed by atoms with Crippen LogP contribution in [0.4, 0.5) is 0 Å². The van der Waals surface area contributed by atoms with E-state index in [1.807, 2.05) is 13.1 Å². The second-order valence-corrected chi connectivity index (χ2v) is 4.48. The Labute approximate surface area is 98.7 Å². The van der Waals surface area contributed by atoms with Crippen LogP contribution in [0.15, 0.2) is 12.4 Å². The molecule has 0 saturated heterocycles. The molecule has 1 atom stereocenters. The number of imidazole rings is 1. The Morgan fingerprint density at radius 2 is 2.40 bits per heavy atom. The van der Waals surface area contributed by atoms with Gasteiger partial charge in [-0.25, -0.2) is 4.98 Å². The summed E-state index contributed by atoms with van der Waals surface area (Å²) in [4.78, 5) is 4.55. The third-order valence-electron chi connectivity index (χ3n) is 1.98. The maximum atomic E-state index is 5.33. The van der Waals surface area contributed by atoms with Crippen molar-refractivity contribution in [3.8, 4) is 0 Å². The summed E-state index contributed by atoms with van der Waals surface area (Å²) in [6.45, 7) is 4.78. The van der Waals surface area contributed by atoms with Crippen molar-refractivity contribution in [2.45, 2.75) is 24.9 Å². The summed E-state index contributed by atoms with van der Waals surface area (Å²) in [5.74, 6) is 0.956. The molecule has 86 valence electrons. The van der Waals surface area contributed by atoms with Crippen molar-refractivity contribution in [1.29, 1.82) is 0 Å². The molecule has 1 heterocycles. The molecule has 0 bridgehead atoms. The predicted octanol–water partition coefficient (Wildman–Crippen LogP) is 1.83. The number of nitrogens with zero attached hydrogens (tertiary/aromatic N) is 2. The van der Waals surface area contributed by atoms with E-state index in [0.29, 0.717) is 24.6 Å². The van der Waals surface area contributed by atoms with Gasteiger partial charge < -0.3 is 14.0 Å². The molecule has 0 radical (unpaired) electrons. The Hall–Kier alpha value is -0.390. The van der Waals surface area contributed by atoms with Crippen LogP contribution in [0.3, 0.4) is 0 Å². The number of hydrogen-bond acceptors (Lipinski definition) is 3. The average molecular weight is 277 g/mol. The number of aromatic nitrogens is 2. The topological polar surface area (TPSA) is 36.3 Å². The summed E-state index contributed by atoms with van der Waals surface area (Å²) in [5.41, 5.74) is 0. The predicted molar refractivity (Wildman–Crippen MR) is 62.1 cm³/mol. The van der Waals surface area contributed by atoms with Crippen LogP contribution in [0.2, 0.25) is 0 Å². The van der Waals surface area contributed by atoms with E-state index >= 15 is 0 Å². The third-order valence-corrected chi connectivity index (χ3v) is 2.53. The summed E-state index contributed by atoms with van der Waals surface area (Å²) in [5, 5.41) is 0. The van der Waals surface area contributed by atoms with Crippen molar-refractivity contribution in [2.75, 3.05) is 20.3 Å². The van der Waals surface area contributed by atoms with Gasteiger partial charge >= 0.3 is 0 Å². The number of alkyl halides is 1. The number of ether oxygens (including phenoxy) is 2. The fraction of sp³-hybridized carbons (Fsp3) is 0.700. The first-order valence-corrected chi connectivity index (χ1v) is 5.90. The molecular formula is C10H17BrN2O2. The molecule has 1 aromatic heterocycles. The number of rotatable bonds is 7. The number of methoxy groups -OCH3 is 1. The smallest absolute Gasteiger partial charge is 0.134 e. The summed E-state index contributed by atoms with van der Waals surface area (Å²) in [7, 11) is 1.70. The molecule has 0 aliphatic rings. The van der Waals surface area contributed by atoms with Gasteiger partial charge in [0.25, 0.3) is 0 Å². The summed E-state index contributed by atoms with van der Waals surface area (Å²) in [6, 6.07) is 0. The fourth-order valence-electron chi connectivity index (χ4n) is 1.29. The minimum atomic E-state index is 0.303. The molecule has 0 amide bonds. The molecule has 0 spiro atoms. The van der Waals surface area contributed by atoms with E-state index in [0.717, 1.165) is 12.4 Å². The molecule has 0 N–H and O–H groups in total. The zero-order chi connectivity index (χ0) is 11.1. The van der Waals surface area contributed by atoms with Crippen LogP contribution in [-0.2, 0) is 22.6 Å². The number of hydrogen-bond donors (Lipinski definition) is 0. The quantitative estimate of drug-likeness (QED) is 0.713. The molecule has 0 aliphatic heterocycles. The van der Waals surface area contributed by atoms with Crippen molar-refractivity contribution < 1.29 is 9.47 Å². The van der Waals surface area contributed by atoms with E-state index in [2.05, 4.69) is 25.5 Å². The molecule has 0 saturated carbocycles. The zero-order valence-corrected chi connectivity index (χ0v) is 10.7. The molecule has 15 heavy (non-hydrogen) atoms. The normalized spacial score (nSPS) is 13.0. The van der Waals surface area contributed by atoms with Crippen molar-refractivity contribution in [2.24, 2.45) is 0 Å². The van der Waals surface area contributed by atoms with Crippen LogP contribution < -0.4 is 0 Å². The second-order valence-electron chi connectivity index (χ2n) is 3.19. The zero-order valence-electron chi connectivity index (χ0n) is 9.15. The Kier molecular flexibility index (Phi) is 5.90. The van der Waals surface area contributed by atoms with E-state index < -0.39 is 0 Å². The summed E-state index contributed by atoms with van der Waals surface area (Å²) in [6.07, 6.45) is 3.75. The second kappa shape index (κ2) is 6.98. The van der Waals surface area contributed by atoms with E-state index in [1.54, 1.807) is 13.3 Å². The van der Waals surface area contributed by atoms with E-state index in [-0.39, 0.29) is 0 Å². The van der Waals surface area contributed by atoms with Crippen molar-refractivity contribution in [1.82, 2.24) is 9.55 Å². The molecule has 5 heteroatoms. The lowest BCUT2D eigenvalue weighted by Gasteiger charge is -2.12. The molecule has 4 nitrogen and oxygen atoms in total. The number of halogens is 1. The third kappa shape index (κ3) is 4.32.